The molecule has 0 spiro atoms. The first-order valence-electron chi connectivity index (χ1n) is 5.44. The SMILES string of the molecule is CCOC(=O)CCC(O)(C(C)=O)C(=O)OCC. The maximum Gasteiger partial charge on any atom is 0.345 e. The van der Waals surface area contributed by atoms with Crippen LogP contribution in [-0.4, -0.2) is 41.6 Å². The highest BCUT2D eigenvalue weighted by Gasteiger charge is 2.42. The summed E-state index contributed by atoms with van der Waals surface area (Å²) in [5, 5.41) is 9.87. The van der Waals surface area contributed by atoms with Gasteiger partial charge in [-0.15, -0.1) is 0 Å². The summed E-state index contributed by atoms with van der Waals surface area (Å²) in [6, 6.07) is 0. The number of carbonyl (C=O) groups is 3. The Labute approximate surface area is 99.9 Å². The Morgan fingerprint density at radius 2 is 1.65 bits per heavy atom. The molecule has 0 aliphatic heterocycles. The fraction of sp³-hybridized carbons (Fsp3) is 0.727. The Balaban J connectivity index is 4.57. The molecule has 0 fully saturated rings. The van der Waals surface area contributed by atoms with Gasteiger partial charge in [-0.2, -0.15) is 0 Å². The molecule has 6 nitrogen and oxygen atoms in total. The van der Waals surface area contributed by atoms with Crippen LogP contribution >= 0.6 is 0 Å². The normalized spacial score (nSPS) is 13.6. The molecule has 98 valence electrons. The summed E-state index contributed by atoms with van der Waals surface area (Å²) >= 11 is 0. The molecule has 0 aromatic carbocycles. The van der Waals surface area contributed by atoms with E-state index in [0.717, 1.165) is 6.92 Å². The van der Waals surface area contributed by atoms with Gasteiger partial charge in [0.2, 0.25) is 5.60 Å². The van der Waals surface area contributed by atoms with E-state index in [1.807, 2.05) is 0 Å². The van der Waals surface area contributed by atoms with Crippen LogP contribution in [-0.2, 0) is 23.9 Å². The summed E-state index contributed by atoms with van der Waals surface area (Å²) in [7, 11) is 0. The number of ether oxygens (including phenoxy) is 2. The fourth-order valence-electron chi connectivity index (χ4n) is 1.19. The average molecular weight is 246 g/mol. The predicted molar refractivity (Wildman–Crippen MR) is 58.1 cm³/mol. The second-order valence-corrected chi connectivity index (χ2v) is 3.44. The minimum Gasteiger partial charge on any atom is -0.466 e. The zero-order valence-corrected chi connectivity index (χ0v) is 10.3. The molecule has 0 amide bonds. The number of ketones is 1. The van der Waals surface area contributed by atoms with Gasteiger partial charge in [-0.3, -0.25) is 9.59 Å². The third kappa shape index (κ3) is 4.52. The van der Waals surface area contributed by atoms with Gasteiger partial charge in [-0.05, 0) is 20.8 Å². The molecule has 0 radical (unpaired) electrons. The summed E-state index contributed by atoms with van der Waals surface area (Å²) in [5.74, 6) is -2.35. The molecule has 1 N–H and O–H groups in total. The Kier molecular flexibility index (Phi) is 6.42. The fourth-order valence-corrected chi connectivity index (χ4v) is 1.19. The highest BCUT2D eigenvalue weighted by molar-refractivity contribution is 6.06. The molecule has 0 aliphatic carbocycles. The summed E-state index contributed by atoms with van der Waals surface area (Å²) in [6.45, 7) is 4.52. The molecule has 6 heteroatoms. The maximum atomic E-state index is 11.4. The molecule has 0 saturated carbocycles. The van der Waals surface area contributed by atoms with Crippen molar-refractivity contribution in [1.82, 2.24) is 0 Å². The van der Waals surface area contributed by atoms with Crippen molar-refractivity contribution in [3.8, 4) is 0 Å². The lowest BCUT2D eigenvalue weighted by Crippen LogP contribution is -2.47. The Hall–Kier alpha value is -1.43. The second kappa shape index (κ2) is 7.01. The van der Waals surface area contributed by atoms with E-state index < -0.39 is 23.3 Å². The summed E-state index contributed by atoms with van der Waals surface area (Å²) in [4.78, 5) is 33.8. The number of aliphatic hydroxyl groups is 1. The summed E-state index contributed by atoms with van der Waals surface area (Å²) in [5.41, 5.74) is -2.26. The minimum absolute atomic E-state index is 0.0494. The van der Waals surface area contributed by atoms with Crippen LogP contribution in [0.15, 0.2) is 0 Å². The molecule has 0 aliphatic rings. The van der Waals surface area contributed by atoms with E-state index in [1.165, 1.54) is 0 Å². The number of hydrogen-bond donors (Lipinski definition) is 1. The molecule has 0 aromatic rings. The smallest absolute Gasteiger partial charge is 0.345 e. The van der Waals surface area contributed by atoms with Crippen LogP contribution in [0.1, 0.15) is 33.6 Å². The topological polar surface area (TPSA) is 89.9 Å². The Morgan fingerprint density at radius 3 is 2.06 bits per heavy atom. The zero-order valence-electron chi connectivity index (χ0n) is 10.3. The van der Waals surface area contributed by atoms with Crippen LogP contribution in [0.5, 0.6) is 0 Å². The monoisotopic (exact) mass is 246 g/mol. The van der Waals surface area contributed by atoms with Gasteiger partial charge < -0.3 is 14.6 Å². The van der Waals surface area contributed by atoms with E-state index >= 15 is 0 Å². The van der Waals surface area contributed by atoms with Crippen molar-refractivity contribution < 1.29 is 29.0 Å². The average Bonchev–Trinajstić information content (AvgIpc) is 2.26. The van der Waals surface area contributed by atoms with E-state index in [2.05, 4.69) is 9.47 Å². The third-order valence-corrected chi connectivity index (χ3v) is 2.19. The van der Waals surface area contributed by atoms with Crippen molar-refractivity contribution >= 4 is 17.7 Å². The molecule has 17 heavy (non-hydrogen) atoms. The lowest BCUT2D eigenvalue weighted by molar-refractivity contribution is -0.171. The van der Waals surface area contributed by atoms with Crippen LogP contribution in [0.2, 0.25) is 0 Å². The van der Waals surface area contributed by atoms with Gasteiger partial charge in [-0.1, -0.05) is 0 Å². The van der Waals surface area contributed by atoms with Gasteiger partial charge >= 0.3 is 11.9 Å². The lowest BCUT2D eigenvalue weighted by atomic mass is 9.93. The third-order valence-electron chi connectivity index (χ3n) is 2.19. The second-order valence-electron chi connectivity index (χ2n) is 3.44. The number of rotatable bonds is 7. The standard InChI is InChI=1S/C11H18O6/c1-4-16-9(13)6-7-11(15,8(3)12)10(14)17-5-2/h15H,4-7H2,1-3H3. The van der Waals surface area contributed by atoms with E-state index in [1.54, 1.807) is 13.8 Å². The van der Waals surface area contributed by atoms with E-state index in [-0.39, 0.29) is 26.1 Å². The Morgan fingerprint density at radius 1 is 1.12 bits per heavy atom. The van der Waals surface area contributed by atoms with Crippen molar-refractivity contribution in [1.29, 1.82) is 0 Å². The summed E-state index contributed by atoms with van der Waals surface area (Å²) < 4.78 is 9.24. The van der Waals surface area contributed by atoms with Gasteiger partial charge in [0.15, 0.2) is 5.78 Å². The predicted octanol–water partition coefficient (Wildman–Crippen LogP) is 0.213. The van der Waals surface area contributed by atoms with Gasteiger partial charge in [0.05, 0.1) is 13.2 Å². The number of esters is 2. The van der Waals surface area contributed by atoms with Crippen molar-refractivity contribution in [2.45, 2.75) is 39.2 Å². The highest BCUT2D eigenvalue weighted by Crippen LogP contribution is 2.17. The molecule has 0 rings (SSSR count). The molecular weight excluding hydrogens is 228 g/mol. The van der Waals surface area contributed by atoms with Crippen molar-refractivity contribution in [2.75, 3.05) is 13.2 Å². The number of carbonyl (C=O) groups excluding carboxylic acids is 3. The quantitative estimate of drug-likeness (QED) is 0.510. The van der Waals surface area contributed by atoms with E-state index in [4.69, 9.17) is 0 Å². The molecule has 1 atom stereocenters. The van der Waals surface area contributed by atoms with Crippen LogP contribution in [0.3, 0.4) is 0 Å². The Bertz CT molecular complexity index is 298. The van der Waals surface area contributed by atoms with Gasteiger partial charge in [-0.25, -0.2) is 4.79 Å². The molecule has 1 unspecified atom stereocenters. The van der Waals surface area contributed by atoms with Crippen molar-refractivity contribution in [3.63, 3.8) is 0 Å². The van der Waals surface area contributed by atoms with Crippen molar-refractivity contribution in [2.24, 2.45) is 0 Å². The van der Waals surface area contributed by atoms with Crippen molar-refractivity contribution in [3.05, 3.63) is 0 Å². The first kappa shape index (κ1) is 15.6. The molecule has 0 heterocycles. The maximum absolute atomic E-state index is 11.4. The molecule has 0 bridgehead atoms. The highest BCUT2D eigenvalue weighted by atomic mass is 16.6. The van der Waals surface area contributed by atoms with Gasteiger partial charge in [0.25, 0.3) is 0 Å². The van der Waals surface area contributed by atoms with Crippen LogP contribution in [0.25, 0.3) is 0 Å². The first-order chi connectivity index (χ1) is 7.88. The molecule has 0 aromatic heterocycles. The first-order valence-corrected chi connectivity index (χ1v) is 5.44. The lowest BCUT2D eigenvalue weighted by Gasteiger charge is -2.22. The zero-order chi connectivity index (χ0) is 13.5. The van der Waals surface area contributed by atoms with Crippen LogP contribution in [0.4, 0.5) is 0 Å². The van der Waals surface area contributed by atoms with Gasteiger partial charge in [0.1, 0.15) is 0 Å². The van der Waals surface area contributed by atoms with E-state index in [9.17, 15) is 19.5 Å². The van der Waals surface area contributed by atoms with Crippen LogP contribution < -0.4 is 0 Å². The number of Topliss-reactive ketones (excluding diaryl/α,β-unsaturated/α-hetero) is 1. The minimum atomic E-state index is -2.26. The van der Waals surface area contributed by atoms with E-state index in [0.29, 0.717) is 0 Å². The molecule has 0 saturated heterocycles. The number of hydrogen-bond acceptors (Lipinski definition) is 6. The van der Waals surface area contributed by atoms with Gasteiger partial charge in [0, 0.05) is 12.8 Å². The largest absolute Gasteiger partial charge is 0.466 e. The molecular formula is C11H18O6. The van der Waals surface area contributed by atoms with Crippen LogP contribution in [0, 0.1) is 0 Å². The summed E-state index contributed by atoms with van der Waals surface area (Å²) in [6.07, 6.45) is -0.553.